The highest BCUT2D eigenvalue weighted by atomic mass is 32.2. The van der Waals surface area contributed by atoms with Gasteiger partial charge >= 0.3 is 10.1 Å². The standard InChI is InChI=1S/C22H26N2O6S/c1-4-31(28,29)30-21-7-5-6-19(14-21)16-23(15-17(2)3)22(25)13-10-18-8-11-20(12-9-18)24(26)27/h5-14,17H,4,15-16H2,1-3H3. The topological polar surface area (TPSA) is 107 Å². The van der Waals surface area contributed by atoms with Crippen molar-refractivity contribution >= 4 is 27.8 Å². The van der Waals surface area contributed by atoms with Crippen LogP contribution in [0.3, 0.4) is 0 Å². The summed E-state index contributed by atoms with van der Waals surface area (Å²) in [4.78, 5) is 24.7. The number of nitro groups is 1. The number of carbonyl (C=O) groups excluding carboxylic acids is 1. The number of nitrogens with zero attached hydrogens (tertiary/aromatic N) is 2. The Morgan fingerprint density at radius 1 is 1.19 bits per heavy atom. The van der Waals surface area contributed by atoms with E-state index in [0.29, 0.717) is 12.1 Å². The van der Waals surface area contributed by atoms with Crippen molar-refractivity contribution in [3.05, 3.63) is 75.8 Å². The highest BCUT2D eigenvalue weighted by molar-refractivity contribution is 7.87. The Hall–Kier alpha value is -3.20. The Balaban J connectivity index is 2.15. The summed E-state index contributed by atoms with van der Waals surface area (Å²) in [5.41, 5.74) is 1.39. The molecule has 2 rings (SSSR count). The van der Waals surface area contributed by atoms with E-state index in [9.17, 15) is 23.3 Å². The average molecular weight is 447 g/mol. The van der Waals surface area contributed by atoms with Gasteiger partial charge in [0.1, 0.15) is 5.75 Å². The number of amides is 1. The van der Waals surface area contributed by atoms with E-state index in [2.05, 4.69) is 0 Å². The predicted molar refractivity (Wildman–Crippen MR) is 119 cm³/mol. The molecule has 0 aliphatic heterocycles. The summed E-state index contributed by atoms with van der Waals surface area (Å²) in [6, 6.07) is 12.5. The van der Waals surface area contributed by atoms with Crippen LogP contribution in [0, 0.1) is 16.0 Å². The van der Waals surface area contributed by atoms with Crippen molar-refractivity contribution in [3.8, 4) is 5.75 Å². The summed E-state index contributed by atoms with van der Waals surface area (Å²) in [6.45, 7) is 6.27. The van der Waals surface area contributed by atoms with Crippen molar-refractivity contribution in [1.82, 2.24) is 4.90 Å². The van der Waals surface area contributed by atoms with Crippen molar-refractivity contribution < 1.29 is 22.3 Å². The fourth-order valence-electron chi connectivity index (χ4n) is 2.77. The quantitative estimate of drug-likeness (QED) is 0.236. The normalized spacial score (nSPS) is 11.6. The number of hydrogen-bond donors (Lipinski definition) is 0. The van der Waals surface area contributed by atoms with Crippen LogP contribution in [0.15, 0.2) is 54.6 Å². The third-order valence-corrected chi connectivity index (χ3v) is 5.42. The van der Waals surface area contributed by atoms with Crippen LogP contribution in [0.1, 0.15) is 31.9 Å². The largest absolute Gasteiger partial charge is 0.382 e. The first-order chi connectivity index (χ1) is 14.6. The van der Waals surface area contributed by atoms with Gasteiger partial charge in [0, 0.05) is 31.3 Å². The van der Waals surface area contributed by atoms with Crippen LogP contribution in [0.5, 0.6) is 5.75 Å². The maximum Gasteiger partial charge on any atom is 0.308 e. The van der Waals surface area contributed by atoms with Gasteiger partial charge in [-0.1, -0.05) is 26.0 Å². The maximum atomic E-state index is 12.8. The monoisotopic (exact) mass is 446 g/mol. The molecule has 0 bridgehead atoms. The maximum absolute atomic E-state index is 12.8. The molecule has 0 aromatic heterocycles. The zero-order valence-electron chi connectivity index (χ0n) is 17.7. The van der Waals surface area contributed by atoms with E-state index in [1.54, 1.807) is 47.4 Å². The van der Waals surface area contributed by atoms with E-state index in [-0.39, 0.29) is 35.6 Å². The van der Waals surface area contributed by atoms with Crippen LogP contribution in [-0.4, -0.2) is 36.4 Å². The van der Waals surface area contributed by atoms with Crippen LogP contribution < -0.4 is 4.18 Å². The summed E-state index contributed by atoms with van der Waals surface area (Å²) in [6.07, 6.45) is 3.03. The Morgan fingerprint density at radius 2 is 1.87 bits per heavy atom. The lowest BCUT2D eigenvalue weighted by atomic mass is 10.1. The average Bonchev–Trinajstić information content (AvgIpc) is 2.71. The highest BCUT2D eigenvalue weighted by Gasteiger charge is 2.15. The SMILES string of the molecule is CCS(=O)(=O)Oc1cccc(CN(CC(C)C)C(=O)C=Cc2ccc([N+](=O)[O-])cc2)c1. The van der Waals surface area contributed by atoms with Gasteiger partial charge in [0.25, 0.3) is 5.69 Å². The third kappa shape index (κ3) is 7.86. The lowest BCUT2D eigenvalue weighted by molar-refractivity contribution is -0.384. The number of carbonyl (C=O) groups is 1. The number of rotatable bonds is 10. The Labute approximate surface area is 182 Å². The van der Waals surface area contributed by atoms with Gasteiger partial charge in [0.2, 0.25) is 5.91 Å². The summed E-state index contributed by atoms with van der Waals surface area (Å²) >= 11 is 0. The summed E-state index contributed by atoms with van der Waals surface area (Å²) < 4.78 is 28.5. The molecule has 0 radical (unpaired) electrons. The highest BCUT2D eigenvalue weighted by Crippen LogP contribution is 2.18. The van der Waals surface area contributed by atoms with E-state index in [4.69, 9.17) is 4.18 Å². The minimum absolute atomic E-state index is 0.0166. The van der Waals surface area contributed by atoms with Crippen LogP contribution in [0.25, 0.3) is 6.08 Å². The molecule has 0 aliphatic carbocycles. The van der Waals surface area contributed by atoms with Crippen molar-refractivity contribution in [2.24, 2.45) is 5.92 Å². The van der Waals surface area contributed by atoms with E-state index in [1.807, 2.05) is 13.8 Å². The summed E-state index contributed by atoms with van der Waals surface area (Å²) in [5, 5.41) is 10.7. The molecule has 0 fully saturated rings. The minimum Gasteiger partial charge on any atom is -0.382 e. The molecule has 0 saturated heterocycles. The first-order valence-electron chi connectivity index (χ1n) is 9.82. The van der Waals surface area contributed by atoms with Gasteiger partial charge < -0.3 is 9.08 Å². The molecule has 0 spiro atoms. The first kappa shape index (κ1) is 24.1. The van der Waals surface area contributed by atoms with Crippen LogP contribution in [0.2, 0.25) is 0 Å². The van der Waals surface area contributed by atoms with Crippen molar-refractivity contribution in [2.45, 2.75) is 27.3 Å². The zero-order valence-corrected chi connectivity index (χ0v) is 18.5. The van der Waals surface area contributed by atoms with Gasteiger partial charge in [-0.05, 0) is 54.3 Å². The summed E-state index contributed by atoms with van der Waals surface area (Å²) in [5.74, 6) is 0.0664. The van der Waals surface area contributed by atoms with Gasteiger partial charge in [-0.25, -0.2) is 0 Å². The van der Waals surface area contributed by atoms with Gasteiger partial charge in [0.15, 0.2) is 0 Å². The molecule has 0 aliphatic rings. The number of benzene rings is 2. The van der Waals surface area contributed by atoms with Crippen molar-refractivity contribution in [3.63, 3.8) is 0 Å². The Bertz CT molecular complexity index is 1050. The molecule has 0 N–H and O–H groups in total. The van der Waals surface area contributed by atoms with Crippen molar-refractivity contribution in [2.75, 3.05) is 12.3 Å². The Kier molecular flexibility index (Phi) is 8.32. The lowest BCUT2D eigenvalue weighted by Crippen LogP contribution is -2.32. The van der Waals surface area contributed by atoms with Gasteiger partial charge in [-0.2, -0.15) is 8.42 Å². The second kappa shape index (κ2) is 10.7. The molecule has 2 aromatic carbocycles. The molecular weight excluding hydrogens is 420 g/mol. The molecule has 8 nitrogen and oxygen atoms in total. The molecule has 0 saturated carbocycles. The number of hydrogen-bond acceptors (Lipinski definition) is 6. The molecule has 0 heterocycles. The van der Waals surface area contributed by atoms with E-state index in [1.165, 1.54) is 25.1 Å². The second-order valence-corrected chi connectivity index (χ2v) is 9.23. The van der Waals surface area contributed by atoms with E-state index >= 15 is 0 Å². The lowest BCUT2D eigenvalue weighted by Gasteiger charge is -2.23. The number of non-ortho nitro benzene ring substituents is 1. The molecule has 0 unspecified atom stereocenters. The molecule has 9 heteroatoms. The van der Waals surface area contributed by atoms with Gasteiger partial charge in [0.05, 0.1) is 10.7 Å². The number of nitro benzene ring substituents is 1. The van der Waals surface area contributed by atoms with E-state index in [0.717, 1.165) is 5.56 Å². The zero-order chi connectivity index (χ0) is 23.0. The molecule has 2 aromatic rings. The Morgan fingerprint density at radius 3 is 2.45 bits per heavy atom. The molecular formula is C22H26N2O6S. The predicted octanol–water partition coefficient (Wildman–Crippen LogP) is 4.02. The minimum atomic E-state index is -3.63. The second-order valence-electron chi connectivity index (χ2n) is 7.37. The summed E-state index contributed by atoms with van der Waals surface area (Å²) in [7, 11) is -3.63. The molecule has 166 valence electrons. The van der Waals surface area contributed by atoms with Crippen LogP contribution in [0.4, 0.5) is 5.69 Å². The van der Waals surface area contributed by atoms with E-state index < -0.39 is 15.0 Å². The first-order valence-corrected chi connectivity index (χ1v) is 11.4. The third-order valence-electron chi connectivity index (χ3n) is 4.27. The molecule has 1 amide bonds. The fraction of sp³-hybridized carbons (Fsp3) is 0.318. The fourth-order valence-corrected chi connectivity index (χ4v) is 3.29. The van der Waals surface area contributed by atoms with Crippen molar-refractivity contribution in [1.29, 1.82) is 0 Å². The van der Waals surface area contributed by atoms with Gasteiger partial charge in [-0.15, -0.1) is 0 Å². The molecule has 0 atom stereocenters. The van der Waals surface area contributed by atoms with Gasteiger partial charge in [-0.3, -0.25) is 14.9 Å². The molecule has 31 heavy (non-hydrogen) atoms. The van der Waals surface area contributed by atoms with Crippen LogP contribution >= 0.6 is 0 Å². The van der Waals surface area contributed by atoms with Crippen LogP contribution in [-0.2, 0) is 21.5 Å². The smallest absolute Gasteiger partial charge is 0.308 e.